The monoisotopic (exact) mass is 478 g/mol. The molecule has 12 heteroatoms. The minimum Gasteiger partial charge on any atom is -0.484 e. The second-order valence-corrected chi connectivity index (χ2v) is 7.13. The number of hydrogen-bond acceptors (Lipinski definition) is 6. The Morgan fingerprint density at radius 3 is 2.48 bits per heavy atom. The number of aryl methyl sites for hydroxylation is 2. The molecule has 0 radical (unpaired) electrons. The van der Waals surface area contributed by atoms with Crippen molar-refractivity contribution in [2.24, 2.45) is 0 Å². The molecule has 0 saturated heterocycles. The molecule has 0 amide bonds. The Morgan fingerprint density at radius 1 is 1.12 bits per heavy atom. The molecular formula is C21H21F3N6O2S. The van der Waals surface area contributed by atoms with E-state index in [0.717, 1.165) is 16.8 Å². The Morgan fingerprint density at radius 2 is 1.82 bits per heavy atom. The predicted octanol–water partition coefficient (Wildman–Crippen LogP) is 4.22. The molecule has 0 aliphatic rings. The summed E-state index contributed by atoms with van der Waals surface area (Å²) >= 11 is 5.25. The third-order valence-corrected chi connectivity index (χ3v) is 4.44. The van der Waals surface area contributed by atoms with E-state index in [1.807, 2.05) is 32.0 Å². The summed E-state index contributed by atoms with van der Waals surface area (Å²) in [6.45, 7) is 4.10. The van der Waals surface area contributed by atoms with Crippen LogP contribution in [0.4, 0.5) is 18.9 Å². The molecule has 0 fully saturated rings. The molecule has 0 saturated carbocycles. The number of para-hydroxylation sites is 1. The van der Waals surface area contributed by atoms with E-state index in [4.69, 9.17) is 17.0 Å². The zero-order chi connectivity index (χ0) is 23.8. The molecule has 8 nitrogen and oxygen atoms in total. The van der Waals surface area contributed by atoms with Crippen molar-refractivity contribution in [3.63, 3.8) is 0 Å². The lowest BCUT2D eigenvalue weighted by Gasteiger charge is -2.15. The lowest BCUT2D eigenvalue weighted by molar-refractivity contribution is -0.274. The smallest absolute Gasteiger partial charge is 0.484 e. The molecule has 2 aromatic carbocycles. The number of anilines is 1. The van der Waals surface area contributed by atoms with E-state index in [1.54, 1.807) is 0 Å². The van der Waals surface area contributed by atoms with Gasteiger partial charge in [0.2, 0.25) is 0 Å². The topological polar surface area (TPSA) is 85.3 Å². The Labute approximate surface area is 193 Å². The van der Waals surface area contributed by atoms with Crippen molar-refractivity contribution in [3.8, 4) is 11.4 Å². The number of thiocarbonyl (C=S) groups is 1. The zero-order valence-electron chi connectivity index (χ0n) is 17.7. The van der Waals surface area contributed by atoms with Crippen molar-refractivity contribution in [2.75, 3.05) is 12.0 Å². The second-order valence-electron chi connectivity index (χ2n) is 6.73. The number of ether oxygens (including phenoxy) is 2. The number of nitrogens with one attached hydrogen (secondary N) is 3. The first kappa shape index (κ1) is 24.0. The average molecular weight is 479 g/mol. The molecule has 3 rings (SSSR count). The largest absolute Gasteiger partial charge is 0.573 e. The molecule has 3 N–H and O–H groups in total. The molecular weight excluding hydrogens is 457 g/mol. The standard InChI is InChI=1S/C21H21F3N6O2S/c1-14-4-3-5-15(2)19(14)27-20(33)28-26-13-31-11-10-18-25-12-30(29-18)16-6-8-17(9-7-16)32-21(22,23)24/h3-12,26H,13H2,1-2H3,(H2,27,28,33)/b11-10+. The summed E-state index contributed by atoms with van der Waals surface area (Å²) in [5.74, 6) is 0.0375. The van der Waals surface area contributed by atoms with Crippen LogP contribution in [0.15, 0.2) is 55.1 Å². The number of rotatable bonds is 8. The quantitative estimate of drug-likeness (QED) is 0.146. The lowest BCUT2D eigenvalue weighted by Crippen LogP contribution is -2.41. The molecule has 0 aliphatic heterocycles. The van der Waals surface area contributed by atoms with E-state index < -0.39 is 6.36 Å². The summed E-state index contributed by atoms with van der Waals surface area (Å²) in [5, 5.41) is 7.72. The SMILES string of the molecule is Cc1cccc(C)c1NC(=S)NNCO/C=C/c1ncn(-c2ccc(OC(F)(F)F)cc2)n1. The van der Waals surface area contributed by atoms with Crippen molar-refractivity contribution in [2.45, 2.75) is 20.2 Å². The van der Waals surface area contributed by atoms with E-state index in [-0.39, 0.29) is 12.5 Å². The van der Waals surface area contributed by atoms with Gasteiger partial charge in [-0.2, -0.15) is 5.43 Å². The maximum Gasteiger partial charge on any atom is 0.573 e. The van der Waals surface area contributed by atoms with Crippen LogP contribution < -0.4 is 20.9 Å². The number of halogens is 3. The highest BCUT2D eigenvalue weighted by molar-refractivity contribution is 7.80. The van der Waals surface area contributed by atoms with Gasteiger partial charge >= 0.3 is 6.36 Å². The minimum absolute atomic E-state index is 0.118. The molecule has 33 heavy (non-hydrogen) atoms. The number of alkyl halides is 3. The van der Waals surface area contributed by atoms with Crippen molar-refractivity contribution in [1.29, 1.82) is 0 Å². The molecule has 0 spiro atoms. The van der Waals surface area contributed by atoms with Gasteiger partial charge in [0.25, 0.3) is 0 Å². The van der Waals surface area contributed by atoms with Gasteiger partial charge in [-0.15, -0.1) is 18.3 Å². The number of nitrogens with zero attached hydrogens (tertiary/aromatic N) is 3. The number of aromatic nitrogens is 3. The van der Waals surface area contributed by atoms with Crippen LogP contribution in [-0.4, -0.2) is 33.0 Å². The Balaban J connectivity index is 1.41. The van der Waals surface area contributed by atoms with Gasteiger partial charge in [-0.3, -0.25) is 5.43 Å². The predicted molar refractivity (Wildman–Crippen MR) is 121 cm³/mol. The van der Waals surface area contributed by atoms with Crippen molar-refractivity contribution >= 4 is 29.1 Å². The number of hydrogen-bond donors (Lipinski definition) is 3. The van der Waals surface area contributed by atoms with Gasteiger partial charge in [0, 0.05) is 11.8 Å². The van der Waals surface area contributed by atoms with E-state index in [9.17, 15) is 13.2 Å². The van der Waals surface area contributed by atoms with Crippen LogP contribution in [0.1, 0.15) is 17.0 Å². The molecule has 3 aromatic rings. The molecule has 0 atom stereocenters. The first-order valence-corrected chi connectivity index (χ1v) is 10.0. The van der Waals surface area contributed by atoms with Crippen molar-refractivity contribution in [3.05, 3.63) is 72.0 Å². The summed E-state index contributed by atoms with van der Waals surface area (Å²) in [4.78, 5) is 4.09. The van der Waals surface area contributed by atoms with Crippen LogP contribution >= 0.6 is 12.2 Å². The van der Waals surface area contributed by atoms with Crippen LogP contribution in [0.25, 0.3) is 11.8 Å². The fourth-order valence-electron chi connectivity index (χ4n) is 2.75. The fourth-order valence-corrected chi connectivity index (χ4v) is 2.92. The first-order valence-electron chi connectivity index (χ1n) is 9.63. The van der Waals surface area contributed by atoms with Gasteiger partial charge < -0.3 is 14.8 Å². The van der Waals surface area contributed by atoms with Crippen LogP contribution in [0.2, 0.25) is 0 Å². The third-order valence-electron chi connectivity index (χ3n) is 4.23. The molecule has 1 heterocycles. The number of benzene rings is 2. The van der Waals surface area contributed by atoms with Gasteiger partial charge in [0.05, 0.1) is 11.9 Å². The summed E-state index contributed by atoms with van der Waals surface area (Å²) < 4.78 is 47.3. The molecule has 1 aromatic heterocycles. The molecule has 174 valence electrons. The maximum absolute atomic E-state index is 12.2. The van der Waals surface area contributed by atoms with E-state index in [1.165, 1.54) is 47.6 Å². The Hall–Kier alpha value is -3.64. The van der Waals surface area contributed by atoms with Gasteiger partial charge in [-0.05, 0) is 61.5 Å². The van der Waals surface area contributed by atoms with Crippen LogP contribution in [0.5, 0.6) is 5.75 Å². The van der Waals surface area contributed by atoms with Crippen molar-refractivity contribution < 1.29 is 22.6 Å². The second kappa shape index (κ2) is 10.8. The van der Waals surface area contributed by atoms with Gasteiger partial charge in [0.15, 0.2) is 17.7 Å². The number of hydrazine groups is 1. The highest BCUT2D eigenvalue weighted by Gasteiger charge is 2.30. The fraction of sp³-hybridized carbons (Fsp3) is 0.190. The van der Waals surface area contributed by atoms with E-state index >= 15 is 0 Å². The van der Waals surface area contributed by atoms with Crippen LogP contribution in [0, 0.1) is 13.8 Å². The third kappa shape index (κ3) is 7.47. The Bertz CT molecular complexity index is 1100. The lowest BCUT2D eigenvalue weighted by atomic mass is 10.1. The summed E-state index contributed by atoms with van der Waals surface area (Å²) in [5.41, 5.74) is 9.27. The van der Waals surface area contributed by atoms with Gasteiger partial charge in [-0.25, -0.2) is 9.67 Å². The van der Waals surface area contributed by atoms with Gasteiger partial charge in [-0.1, -0.05) is 18.2 Å². The minimum atomic E-state index is -4.74. The molecule has 0 unspecified atom stereocenters. The molecule has 0 bridgehead atoms. The van der Waals surface area contributed by atoms with Crippen molar-refractivity contribution in [1.82, 2.24) is 25.6 Å². The van der Waals surface area contributed by atoms with Crippen LogP contribution in [-0.2, 0) is 4.74 Å². The van der Waals surface area contributed by atoms with Gasteiger partial charge in [0.1, 0.15) is 12.1 Å². The first-order chi connectivity index (χ1) is 15.7. The average Bonchev–Trinajstić information content (AvgIpc) is 3.22. The van der Waals surface area contributed by atoms with E-state index in [0.29, 0.717) is 16.6 Å². The maximum atomic E-state index is 12.2. The molecule has 0 aliphatic carbocycles. The highest BCUT2D eigenvalue weighted by atomic mass is 32.1. The van der Waals surface area contributed by atoms with E-state index in [2.05, 4.69) is 31.0 Å². The summed E-state index contributed by atoms with van der Waals surface area (Å²) in [7, 11) is 0. The summed E-state index contributed by atoms with van der Waals surface area (Å²) in [6, 6.07) is 11.2. The Kier molecular flexibility index (Phi) is 7.85. The van der Waals surface area contributed by atoms with Crippen LogP contribution in [0.3, 0.4) is 0 Å². The highest BCUT2D eigenvalue weighted by Crippen LogP contribution is 2.23. The summed E-state index contributed by atoms with van der Waals surface area (Å²) in [6.07, 6.45) is -0.377. The zero-order valence-corrected chi connectivity index (χ0v) is 18.5. The normalized spacial score (nSPS) is 11.4.